The Morgan fingerprint density at radius 1 is 1.45 bits per heavy atom. The zero-order chi connectivity index (χ0) is 15.4. The van der Waals surface area contributed by atoms with Gasteiger partial charge in [0, 0.05) is 6.04 Å². The van der Waals surface area contributed by atoms with Crippen LogP contribution < -0.4 is 11.1 Å². The Kier molecular flexibility index (Phi) is 4.90. The lowest BCUT2D eigenvalue weighted by molar-refractivity contribution is -0.121. The highest BCUT2D eigenvalue weighted by Crippen LogP contribution is 2.25. The highest BCUT2D eigenvalue weighted by molar-refractivity contribution is 7.13. The van der Waals surface area contributed by atoms with Crippen LogP contribution in [-0.4, -0.2) is 23.5 Å². The van der Waals surface area contributed by atoms with Gasteiger partial charge in [0.25, 0.3) is 0 Å². The molecule has 0 radical (unpaired) electrons. The summed E-state index contributed by atoms with van der Waals surface area (Å²) in [6, 6.07) is 4.11. The van der Waals surface area contributed by atoms with Gasteiger partial charge in [0.2, 0.25) is 11.8 Å². The minimum Gasteiger partial charge on any atom is -0.444 e. The van der Waals surface area contributed by atoms with E-state index >= 15 is 0 Å². The Morgan fingerprint density at radius 3 is 3.09 bits per heavy atom. The summed E-state index contributed by atoms with van der Waals surface area (Å²) in [6.07, 6.45) is 6.31. The van der Waals surface area contributed by atoms with Crippen molar-refractivity contribution in [1.82, 2.24) is 10.3 Å². The second kappa shape index (κ2) is 7.07. The van der Waals surface area contributed by atoms with E-state index < -0.39 is 0 Å². The third-order valence-electron chi connectivity index (χ3n) is 4.18. The predicted octanol–water partition coefficient (Wildman–Crippen LogP) is 2.58. The zero-order valence-corrected chi connectivity index (χ0v) is 13.3. The Hall–Kier alpha value is -1.66. The van der Waals surface area contributed by atoms with Crippen LogP contribution in [0.2, 0.25) is 0 Å². The van der Waals surface area contributed by atoms with Gasteiger partial charge in [-0.05, 0) is 36.8 Å². The van der Waals surface area contributed by atoms with Crippen molar-refractivity contribution in [3.05, 3.63) is 29.5 Å². The summed E-state index contributed by atoms with van der Waals surface area (Å²) in [7, 11) is 0. The Labute approximate surface area is 133 Å². The predicted molar refractivity (Wildman–Crippen MR) is 86.5 cm³/mol. The van der Waals surface area contributed by atoms with Crippen molar-refractivity contribution < 1.29 is 9.21 Å². The molecule has 2 aromatic rings. The smallest absolute Gasteiger partial charge is 0.236 e. The molecule has 1 aliphatic rings. The summed E-state index contributed by atoms with van der Waals surface area (Å²) >= 11 is 1.57. The quantitative estimate of drug-likeness (QED) is 0.887. The second-order valence-electron chi connectivity index (χ2n) is 5.75. The molecule has 6 heteroatoms. The van der Waals surface area contributed by atoms with Crippen LogP contribution in [0, 0.1) is 5.92 Å². The molecule has 2 aromatic heterocycles. The first-order valence-corrected chi connectivity index (χ1v) is 8.62. The van der Waals surface area contributed by atoms with E-state index in [1.807, 2.05) is 17.5 Å². The molecule has 1 fully saturated rings. The van der Waals surface area contributed by atoms with E-state index in [0.29, 0.717) is 24.0 Å². The van der Waals surface area contributed by atoms with Gasteiger partial charge in [-0.1, -0.05) is 18.9 Å². The number of amides is 1. The lowest BCUT2D eigenvalue weighted by Crippen LogP contribution is -2.45. The number of oxazole rings is 1. The summed E-state index contributed by atoms with van der Waals surface area (Å²) in [5, 5.41) is 5.09. The van der Waals surface area contributed by atoms with Gasteiger partial charge in [0.1, 0.15) is 6.26 Å². The third kappa shape index (κ3) is 3.56. The van der Waals surface area contributed by atoms with Crippen LogP contribution >= 0.6 is 11.3 Å². The number of thiophene rings is 1. The van der Waals surface area contributed by atoms with Crippen molar-refractivity contribution in [2.75, 3.05) is 6.54 Å². The van der Waals surface area contributed by atoms with Gasteiger partial charge < -0.3 is 15.5 Å². The topological polar surface area (TPSA) is 81.1 Å². The van der Waals surface area contributed by atoms with Gasteiger partial charge in [0.05, 0.1) is 17.0 Å². The normalized spacial score (nSPS) is 21.7. The van der Waals surface area contributed by atoms with Crippen molar-refractivity contribution in [3.8, 4) is 10.8 Å². The van der Waals surface area contributed by atoms with Crippen LogP contribution in [0.4, 0.5) is 0 Å². The fourth-order valence-electron chi connectivity index (χ4n) is 3.00. The molecule has 0 saturated heterocycles. The largest absolute Gasteiger partial charge is 0.444 e. The lowest BCUT2D eigenvalue weighted by Gasteiger charge is -2.31. The van der Waals surface area contributed by atoms with Crippen LogP contribution in [0.25, 0.3) is 10.8 Å². The van der Waals surface area contributed by atoms with Gasteiger partial charge in [-0.3, -0.25) is 4.79 Å². The minimum absolute atomic E-state index is 0.00335. The third-order valence-corrected chi connectivity index (χ3v) is 5.04. The van der Waals surface area contributed by atoms with Crippen LogP contribution in [0.15, 0.2) is 28.2 Å². The molecule has 0 bridgehead atoms. The standard InChI is InChI=1S/C16H21N3O2S/c17-9-11-4-1-2-5-13(11)19-15(20)8-12-10-21-16(18-12)14-6-3-7-22-14/h3,6-7,10-11,13H,1-2,4-5,8-9,17H2,(H,19,20). The molecule has 5 nitrogen and oxygen atoms in total. The van der Waals surface area contributed by atoms with E-state index in [0.717, 1.165) is 24.1 Å². The van der Waals surface area contributed by atoms with E-state index in [2.05, 4.69) is 10.3 Å². The molecule has 3 N–H and O–H groups in total. The Morgan fingerprint density at radius 2 is 2.32 bits per heavy atom. The number of nitrogens with zero attached hydrogens (tertiary/aromatic N) is 1. The molecule has 3 rings (SSSR count). The van der Waals surface area contributed by atoms with Gasteiger partial charge >= 0.3 is 0 Å². The number of carbonyl (C=O) groups excluding carboxylic acids is 1. The summed E-state index contributed by atoms with van der Waals surface area (Å²) in [4.78, 5) is 17.6. The number of hydrogen-bond acceptors (Lipinski definition) is 5. The molecule has 1 amide bonds. The first-order valence-electron chi connectivity index (χ1n) is 7.74. The van der Waals surface area contributed by atoms with Crippen LogP contribution in [-0.2, 0) is 11.2 Å². The van der Waals surface area contributed by atoms with E-state index in [1.54, 1.807) is 17.6 Å². The van der Waals surface area contributed by atoms with Gasteiger partial charge in [0.15, 0.2) is 0 Å². The Bertz CT molecular complexity index is 609. The number of carbonyl (C=O) groups is 1. The van der Waals surface area contributed by atoms with Crippen LogP contribution in [0.5, 0.6) is 0 Å². The molecule has 2 atom stereocenters. The lowest BCUT2D eigenvalue weighted by atomic mass is 9.84. The van der Waals surface area contributed by atoms with Gasteiger partial charge in [-0.15, -0.1) is 11.3 Å². The van der Waals surface area contributed by atoms with Crippen LogP contribution in [0.3, 0.4) is 0 Å². The zero-order valence-electron chi connectivity index (χ0n) is 12.5. The summed E-state index contributed by atoms with van der Waals surface area (Å²) in [5.74, 6) is 0.975. The maximum atomic E-state index is 12.2. The van der Waals surface area contributed by atoms with E-state index in [4.69, 9.17) is 10.2 Å². The number of aromatic nitrogens is 1. The molecule has 0 aromatic carbocycles. The van der Waals surface area contributed by atoms with E-state index in [1.165, 1.54) is 6.42 Å². The Balaban J connectivity index is 1.57. The van der Waals surface area contributed by atoms with Gasteiger partial charge in [-0.25, -0.2) is 4.98 Å². The van der Waals surface area contributed by atoms with Crippen molar-refractivity contribution in [1.29, 1.82) is 0 Å². The van der Waals surface area contributed by atoms with Gasteiger partial charge in [-0.2, -0.15) is 0 Å². The number of nitrogens with one attached hydrogen (secondary N) is 1. The van der Waals surface area contributed by atoms with Crippen molar-refractivity contribution >= 4 is 17.2 Å². The van der Waals surface area contributed by atoms with Crippen molar-refractivity contribution in [2.45, 2.75) is 38.1 Å². The summed E-state index contributed by atoms with van der Waals surface area (Å²) in [6.45, 7) is 0.636. The molecule has 2 heterocycles. The molecule has 0 spiro atoms. The number of hydrogen-bond donors (Lipinski definition) is 2. The molecule has 118 valence electrons. The second-order valence-corrected chi connectivity index (χ2v) is 6.70. The maximum absolute atomic E-state index is 12.2. The first-order chi connectivity index (χ1) is 10.8. The molecular weight excluding hydrogens is 298 g/mol. The fraction of sp³-hybridized carbons (Fsp3) is 0.500. The minimum atomic E-state index is -0.00335. The first kappa shape index (κ1) is 15.2. The molecular formula is C16H21N3O2S. The van der Waals surface area contributed by atoms with Crippen molar-refractivity contribution in [3.63, 3.8) is 0 Å². The molecule has 22 heavy (non-hydrogen) atoms. The maximum Gasteiger partial charge on any atom is 0.236 e. The van der Waals surface area contributed by atoms with Crippen molar-refractivity contribution in [2.24, 2.45) is 11.7 Å². The average Bonchev–Trinajstić information content (AvgIpc) is 3.18. The van der Waals surface area contributed by atoms with E-state index in [9.17, 15) is 4.79 Å². The van der Waals surface area contributed by atoms with Crippen LogP contribution in [0.1, 0.15) is 31.4 Å². The average molecular weight is 319 g/mol. The summed E-state index contributed by atoms with van der Waals surface area (Å²) in [5.41, 5.74) is 6.47. The highest BCUT2D eigenvalue weighted by atomic mass is 32.1. The molecule has 2 unspecified atom stereocenters. The highest BCUT2D eigenvalue weighted by Gasteiger charge is 2.25. The van der Waals surface area contributed by atoms with E-state index in [-0.39, 0.29) is 18.4 Å². The SMILES string of the molecule is NCC1CCCCC1NC(=O)Cc1coc(-c2cccs2)n1. The molecule has 1 aliphatic carbocycles. The monoisotopic (exact) mass is 319 g/mol. The number of rotatable bonds is 5. The fourth-order valence-corrected chi connectivity index (χ4v) is 3.66. The summed E-state index contributed by atoms with van der Waals surface area (Å²) < 4.78 is 5.44. The molecule has 1 saturated carbocycles. The molecule has 0 aliphatic heterocycles. The number of nitrogens with two attached hydrogens (primary N) is 1.